The van der Waals surface area contributed by atoms with Gasteiger partial charge in [-0.1, -0.05) is 24.8 Å². The van der Waals surface area contributed by atoms with E-state index in [2.05, 4.69) is 39.5 Å². The summed E-state index contributed by atoms with van der Waals surface area (Å²) >= 11 is 0. The summed E-state index contributed by atoms with van der Waals surface area (Å²) in [4.78, 5) is 26.6. The summed E-state index contributed by atoms with van der Waals surface area (Å²) in [6.45, 7) is 4.71. The number of anilines is 1. The lowest BCUT2D eigenvalue weighted by molar-refractivity contribution is -0.125. The van der Waals surface area contributed by atoms with Crippen LogP contribution in [0.4, 0.5) is 5.82 Å². The van der Waals surface area contributed by atoms with Gasteiger partial charge >= 0.3 is 0 Å². The Hall–Kier alpha value is -3.81. The van der Waals surface area contributed by atoms with E-state index in [1.165, 1.54) is 6.08 Å². The van der Waals surface area contributed by atoms with E-state index in [-0.39, 0.29) is 23.3 Å². The van der Waals surface area contributed by atoms with E-state index in [1.54, 1.807) is 4.90 Å². The third-order valence-electron chi connectivity index (χ3n) is 6.05. The largest absolute Gasteiger partial charge is 0.382 e. The minimum Gasteiger partial charge on any atom is -0.382 e. The van der Waals surface area contributed by atoms with Crippen molar-refractivity contribution < 1.29 is 4.79 Å². The van der Waals surface area contributed by atoms with Gasteiger partial charge in [-0.3, -0.25) is 9.59 Å². The van der Waals surface area contributed by atoms with Crippen LogP contribution in [0.3, 0.4) is 0 Å². The fourth-order valence-corrected chi connectivity index (χ4v) is 4.56. The number of rotatable bonds is 3. The first-order valence-electron chi connectivity index (χ1n) is 9.84. The lowest BCUT2D eigenvalue weighted by Crippen LogP contribution is -2.27. The Morgan fingerprint density at radius 1 is 1.37 bits per heavy atom. The van der Waals surface area contributed by atoms with Crippen LogP contribution in [0.1, 0.15) is 12.5 Å². The number of aryl methyl sites for hydroxylation is 1. The molecule has 0 spiro atoms. The molecule has 0 bridgehead atoms. The second-order valence-corrected chi connectivity index (χ2v) is 7.69. The third-order valence-corrected chi connectivity index (χ3v) is 6.05. The van der Waals surface area contributed by atoms with Crippen molar-refractivity contribution in [3.8, 4) is 11.3 Å². The highest BCUT2D eigenvalue weighted by Crippen LogP contribution is 2.37. The number of hydrogen-bond donors (Lipinski definition) is 2. The molecule has 8 nitrogen and oxygen atoms in total. The summed E-state index contributed by atoms with van der Waals surface area (Å²) < 4.78 is 4.05. The number of carbonyl (C=O) groups excluding carboxylic acids is 1. The van der Waals surface area contributed by atoms with E-state index >= 15 is 0 Å². The molecule has 1 atom stereocenters. The van der Waals surface area contributed by atoms with E-state index in [0.29, 0.717) is 24.0 Å². The van der Waals surface area contributed by atoms with Gasteiger partial charge in [0.2, 0.25) is 5.91 Å². The average molecular weight is 402 g/mol. The number of likely N-dealkylation sites (tertiary alicyclic amines) is 1. The summed E-state index contributed by atoms with van der Waals surface area (Å²) in [7, 11) is 2.00. The number of para-hydroxylation sites is 1. The number of nitrogens with zero attached hydrogens (tertiary/aromatic N) is 4. The molecule has 1 unspecified atom stereocenters. The molecule has 1 amide bonds. The van der Waals surface area contributed by atoms with Gasteiger partial charge in [0.1, 0.15) is 5.52 Å². The van der Waals surface area contributed by atoms with Crippen LogP contribution < -0.4 is 11.3 Å². The lowest BCUT2D eigenvalue weighted by Gasteiger charge is -2.16. The van der Waals surface area contributed by atoms with Crippen LogP contribution in [-0.2, 0) is 11.8 Å². The Balaban J connectivity index is 1.73. The Kier molecular flexibility index (Phi) is 4.02. The number of benzene rings is 1. The molecular weight excluding hydrogens is 380 g/mol. The molecule has 0 saturated carbocycles. The van der Waals surface area contributed by atoms with Gasteiger partial charge in [0.15, 0.2) is 5.82 Å². The molecule has 3 N–H and O–H groups in total. The molecule has 5 rings (SSSR count). The van der Waals surface area contributed by atoms with Gasteiger partial charge in [-0.2, -0.15) is 5.10 Å². The van der Waals surface area contributed by atoms with E-state index in [0.717, 1.165) is 28.6 Å². The van der Waals surface area contributed by atoms with E-state index in [4.69, 9.17) is 5.73 Å². The zero-order valence-electron chi connectivity index (χ0n) is 16.6. The van der Waals surface area contributed by atoms with E-state index < -0.39 is 0 Å². The number of H-pyrrole nitrogens is 1. The molecule has 1 fully saturated rings. The normalized spacial score (nSPS) is 16.6. The zero-order valence-corrected chi connectivity index (χ0v) is 16.6. The van der Waals surface area contributed by atoms with Crippen molar-refractivity contribution in [3.63, 3.8) is 0 Å². The average Bonchev–Trinajstić information content (AvgIpc) is 3.46. The van der Waals surface area contributed by atoms with Gasteiger partial charge in [0, 0.05) is 42.8 Å². The number of nitrogens with two attached hydrogens (primary N) is 1. The molecule has 4 aromatic rings. The topological polar surface area (TPSA) is 102 Å². The number of fused-ring (bicyclic) bond motifs is 2. The SMILES string of the molecule is C=CC(=O)N1CCC(n2cc(-c3cc4ccccc4n3C)c3c(N)n[nH]c(=O)c32)C1. The van der Waals surface area contributed by atoms with Crippen molar-refractivity contribution in [1.29, 1.82) is 0 Å². The van der Waals surface area contributed by atoms with Crippen LogP contribution >= 0.6 is 0 Å². The lowest BCUT2D eigenvalue weighted by atomic mass is 10.1. The van der Waals surface area contributed by atoms with Gasteiger partial charge in [-0.05, 0) is 24.6 Å². The minimum atomic E-state index is -0.294. The van der Waals surface area contributed by atoms with Gasteiger partial charge < -0.3 is 19.8 Å². The maximum atomic E-state index is 12.8. The molecule has 1 saturated heterocycles. The molecule has 1 aliphatic rings. The summed E-state index contributed by atoms with van der Waals surface area (Å²) in [6.07, 6.45) is 4.05. The maximum Gasteiger partial charge on any atom is 0.288 e. The molecule has 0 aliphatic carbocycles. The van der Waals surface area contributed by atoms with Gasteiger partial charge in [0.25, 0.3) is 5.56 Å². The molecular formula is C22H22N6O2. The van der Waals surface area contributed by atoms with Gasteiger partial charge in [-0.15, -0.1) is 0 Å². The first-order chi connectivity index (χ1) is 14.5. The number of aromatic amines is 1. The number of hydrogen-bond acceptors (Lipinski definition) is 4. The van der Waals surface area contributed by atoms with Crippen molar-refractivity contribution in [3.05, 3.63) is 59.5 Å². The second kappa shape index (κ2) is 6.62. The Morgan fingerprint density at radius 2 is 2.17 bits per heavy atom. The minimum absolute atomic E-state index is 0.0252. The Labute approximate surface area is 172 Å². The first-order valence-corrected chi connectivity index (χ1v) is 9.84. The van der Waals surface area contributed by atoms with E-state index in [9.17, 15) is 9.59 Å². The van der Waals surface area contributed by atoms with Crippen molar-refractivity contribution in [2.24, 2.45) is 7.05 Å². The van der Waals surface area contributed by atoms with Crippen LogP contribution in [0.2, 0.25) is 0 Å². The zero-order chi connectivity index (χ0) is 21.0. The van der Waals surface area contributed by atoms with Crippen LogP contribution in [0.5, 0.6) is 0 Å². The number of amides is 1. The molecule has 1 aliphatic heterocycles. The maximum absolute atomic E-state index is 12.8. The van der Waals surface area contributed by atoms with Gasteiger partial charge in [-0.25, -0.2) is 5.10 Å². The monoisotopic (exact) mass is 402 g/mol. The first kappa shape index (κ1) is 18.2. The molecule has 0 radical (unpaired) electrons. The van der Waals surface area contributed by atoms with E-state index in [1.807, 2.05) is 29.9 Å². The smallest absolute Gasteiger partial charge is 0.288 e. The highest BCUT2D eigenvalue weighted by atomic mass is 16.2. The summed E-state index contributed by atoms with van der Waals surface area (Å²) in [5.41, 5.74) is 9.33. The summed E-state index contributed by atoms with van der Waals surface area (Å²) in [6, 6.07) is 10.2. The van der Waals surface area contributed by atoms with Crippen molar-refractivity contribution in [2.75, 3.05) is 18.8 Å². The molecule has 8 heteroatoms. The summed E-state index contributed by atoms with van der Waals surface area (Å²) in [5, 5.41) is 8.26. The Bertz CT molecular complexity index is 1380. The highest BCUT2D eigenvalue weighted by molar-refractivity contribution is 6.03. The van der Waals surface area contributed by atoms with Crippen LogP contribution in [0.15, 0.2) is 54.0 Å². The van der Waals surface area contributed by atoms with Crippen molar-refractivity contribution in [1.82, 2.24) is 24.2 Å². The van der Waals surface area contributed by atoms with Crippen molar-refractivity contribution in [2.45, 2.75) is 12.5 Å². The predicted molar refractivity (Wildman–Crippen MR) is 117 cm³/mol. The predicted octanol–water partition coefficient (Wildman–Crippen LogP) is 2.42. The number of aromatic nitrogens is 4. The highest BCUT2D eigenvalue weighted by Gasteiger charge is 2.29. The van der Waals surface area contributed by atoms with Crippen LogP contribution in [0.25, 0.3) is 33.1 Å². The molecule has 152 valence electrons. The number of carbonyl (C=O) groups is 1. The second-order valence-electron chi connectivity index (χ2n) is 7.69. The number of nitrogens with one attached hydrogen (secondary N) is 1. The third kappa shape index (κ3) is 2.57. The molecule has 30 heavy (non-hydrogen) atoms. The van der Waals surface area contributed by atoms with Crippen molar-refractivity contribution >= 4 is 33.5 Å². The molecule has 3 aromatic heterocycles. The standard InChI is InChI=1S/C22H22N6O2/c1-3-18(29)27-9-8-14(11-27)28-12-15(19-20(28)22(30)25-24-21(19)23)17-10-13-6-4-5-7-16(13)26(17)2/h3-7,10,12,14H,1,8-9,11H2,2H3,(H2,23,24)(H,25,30). The van der Waals surface area contributed by atoms with Crippen LogP contribution in [-0.4, -0.2) is 43.2 Å². The molecule has 1 aromatic carbocycles. The fraction of sp³-hybridized carbons (Fsp3) is 0.227. The van der Waals surface area contributed by atoms with Gasteiger partial charge in [0.05, 0.1) is 17.1 Å². The number of nitrogen functional groups attached to an aromatic ring is 1. The quantitative estimate of drug-likeness (QED) is 0.514. The van der Waals surface area contributed by atoms with Crippen LogP contribution in [0, 0.1) is 0 Å². The summed E-state index contributed by atoms with van der Waals surface area (Å²) in [5.74, 6) is 0.179. The Morgan fingerprint density at radius 3 is 2.93 bits per heavy atom. The molecule has 4 heterocycles. The fourth-order valence-electron chi connectivity index (χ4n) is 4.56.